The number of hydrogen-bond acceptors (Lipinski definition) is 5. The Morgan fingerprint density at radius 2 is 1.77 bits per heavy atom. The summed E-state index contributed by atoms with van der Waals surface area (Å²) in [5.74, 6) is -0.589. The number of para-hydroxylation sites is 1. The molecule has 30 heavy (non-hydrogen) atoms. The van der Waals surface area contributed by atoms with Crippen LogP contribution in [0.5, 0.6) is 0 Å². The number of alkyl halides is 6. The molecule has 0 atom stereocenters. The van der Waals surface area contributed by atoms with Gasteiger partial charge in [-0.15, -0.1) is 0 Å². The van der Waals surface area contributed by atoms with Crippen molar-refractivity contribution in [1.82, 2.24) is 19.7 Å². The van der Waals surface area contributed by atoms with Crippen LogP contribution in [-0.4, -0.2) is 31.5 Å². The van der Waals surface area contributed by atoms with E-state index >= 15 is 0 Å². The van der Waals surface area contributed by atoms with Gasteiger partial charge in [0.2, 0.25) is 5.95 Å². The molecule has 6 nitrogen and oxygen atoms in total. The normalized spacial score (nSPS) is 16.0. The van der Waals surface area contributed by atoms with E-state index < -0.39 is 30.0 Å². The van der Waals surface area contributed by atoms with Crippen LogP contribution >= 0.6 is 0 Å². The zero-order valence-corrected chi connectivity index (χ0v) is 15.6. The van der Waals surface area contributed by atoms with Crippen molar-refractivity contribution in [3.05, 3.63) is 36.0 Å². The summed E-state index contributed by atoms with van der Waals surface area (Å²) in [7, 11) is 0. The minimum Gasteiger partial charge on any atom is -0.364 e. The van der Waals surface area contributed by atoms with Gasteiger partial charge in [-0.3, -0.25) is 4.68 Å². The van der Waals surface area contributed by atoms with E-state index in [4.69, 9.17) is 0 Å². The molecule has 0 unspecified atom stereocenters. The maximum absolute atomic E-state index is 13.3. The summed E-state index contributed by atoms with van der Waals surface area (Å²) < 4.78 is 79.3. The molecule has 0 bridgehead atoms. The van der Waals surface area contributed by atoms with Gasteiger partial charge in [-0.1, -0.05) is 12.1 Å². The number of rotatable bonds is 5. The smallest absolute Gasteiger partial charge is 0.364 e. The van der Waals surface area contributed by atoms with Gasteiger partial charge < -0.3 is 10.6 Å². The van der Waals surface area contributed by atoms with Gasteiger partial charge in [-0.25, -0.2) is 4.98 Å². The fraction of sp³-hybridized carbons (Fsp3) is 0.389. The van der Waals surface area contributed by atoms with Crippen LogP contribution in [0.1, 0.15) is 25.3 Å². The first-order chi connectivity index (χ1) is 13.9. The lowest BCUT2D eigenvalue weighted by atomic mass is 10.2. The standard InChI is InChI=1S/C18H16F6N6/c1-16(6-7-16)28-14-11(18(22,23)24)8-25-15(27-14)26-13-10-4-2-3-5-12(10)30(29-13)9-17(19,20)21/h2-5,8H,6-7,9H2,1H3,(H2,25,26,27,28,29). The maximum atomic E-state index is 13.3. The number of anilines is 3. The van der Waals surface area contributed by atoms with E-state index in [1.807, 2.05) is 0 Å². The molecule has 0 aliphatic heterocycles. The molecule has 1 aliphatic carbocycles. The monoisotopic (exact) mass is 430 g/mol. The van der Waals surface area contributed by atoms with Crippen molar-refractivity contribution < 1.29 is 26.3 Å². The molecule has 1 aliphatic rings. The van der Waals surface area contributed by atoms with Crippen molar-refractivity contribution in [1.29, 1.82) is 0 Å². The predicted molar refractivity (Wildman–Crippen MR) is 97.4 cm³/mol. The van der Waals surface area contributed by atoms with Gasteiger partial charge in [0.25, 0.3) is 0 Å². The summed E-state index contributed by atoms with van der Waals surface area (Å²) in [6, 6.07) is 6.19. The highest BCUT2D eigenvalue weighted by atomic mass is 19.4. The first-order valence-corrected chi connectivity index (χ1v) is 8.95. The van der Waals surface area contributed by atoms with Gasteiger partial charge in [0, 0.05) is 17.1 Å². The third kappa shape index (κ3) is 4.26. The lowest BCUT2D eigenvalue weighted by molar-refractivity contribution is -0.141. The molecule has 4 rings (SSSR count). The number of hydrogen-bond donors (Lipinski definition) is 2. The Hall–Kier alpha value is -3.05. The number of nitrogens with zero attached hydrogens (tertiary/aromatic N) is 4. The van der Waals surface area contributed by atoms with Crippen molar-refractivity contribution in [3.63, 3.8) is 0 Å². The summed E-state index contributed by atoms with van der Waals surface area (Å²) in [5, 5.41) is 9.71. The second-order valence-corrected chi connectivity index (χ2v) is 7.40. The number of benzene rings is 1. The zero-order chi connectivity index (χ0) is 21.7. The van der Waals surface area contributed by atoms with E-state index in [0.717, 1.165) is 4.68 Å². The summed E-state index contributed by atoms with van der Waals surface area (Å²) in [6.45, 7) is 0.461. The van der Waals surface area contributed by atoms with Crippen molar-refractivity contribution in [2.24, 2.45) is 0 Å². The number of halogens is 6. The molecule has 0 spiro atoms. The van der Waals surface area contributed by atoms with Gasteiger partial charge in [0.15, 0.2) is 5.82 Å². The highest BCUT2D eigenvalue weighted by Crippen LogP contribution is 2.41. The Bertz CT molecular complexity index is 1080. The van der Waals surface area contributed by atoms with Crippen LogP contribution in [0.3, 0.4) is 0 Å². The molecular formula is C18H16F6N6. The first kappa shape index (κ1) is 20.2. The SMILES string of the molecule is CC1(Nc2nc(Nc3nn(CC(F)(F)F)c4ccccc34)ncc2C(F)(F)F)CC1. The molecule has 0 radical (unpaired) electrons. The average molecular weight is 430 g/mol. The minimum atomic E-state index is -4.66. The molecular weight excluding hydrogens is 414 g/mol. The van der Waals surface area contributed by atoms with E-state index in [2.05, 4.69) is 25.7 Å². The Morgan fingerprint density at radius 3 is 2.40 bits per heavy atom. The number of nitrogens with one attached hydrogen (secondary N) is 2. The van der Waals surface area contributed by atoms with Crippen molar-refractivity contribution in [2.75, 3.05) is 10.6 Å². The Kier molecular flexibility index (Phi) is 4.55. The molecule has 2 N–H and O–H groups in total. The summed E-state index contributed by atoms with van der Waals surface area (Å²) in [4.78, 5) is 7.61. The van der Waals surface area contributed by atoms with E-state index in [0.29, 0.717) is 24.4 Å². The molecule has 1 saturated carbocycles. The molecule has 1 aromatic carbocycles. The summed E-state index contributed by atoms with van der Waals surface area (Å²) in [5.41, 5.74) is -1.28. The molecule has 2 heterocycles. The lowest BCUT2D eigenvalue weighted by Crippen LogP contribution is -2.22. The van der Waals surface area contributed by atoms with Crippen LogP contribution in [0.15, 0.2) is 30.5 Å². The fourth-order valence-electron chi connectivity index (χ4n) is 2.96. The number of fused-ring (bicyclic) bond motifs is 1. The summed E-state index contributed by atoms with van der Waals surface area (Å²) in [6.07, 6.45) is -7.12. The topological polar surface area (TPSA) is 67.7 Å². The van der Waals surface area contributed by atoms with Crippen LogP contribution < -0.4 is 10.6 Å². The zero-order valence-electron chi connectivity index (χ0n) is 15.6. The average Bonchev–Trinajstić information content (AvgIpc) is 3.25. The van der Waals surface area contributed by atoms with Crippen molar-refractivity contribution in [3.8, 4) is 0 Å². The van der Waals surface area contributed by atoms with Gasteiger partial charge >= 0.3 is 12.4 Å². The maximum Gasteiger partial charge on any atom is 0.421 e. The predicted octanol–water partition coefficient (Wildman–Crippen LogP) is 5.12. The van der Waals surface area contributed by atoms with Gasteiger partial charge in [0.05, 0.1) is 5.52 Å². The van der Waals surface area contributed by atoms with Gasteiger partial charge in [0.1, 0.15) is 17.9 Å². The van der Waals surface area contributed by atoms with Crippen LogP contribution in [0, 0.1) is 0 Å². The Labute approximate surface area is 166 Å². The molecule has 12 heteroatoms. The third-order valence-corrected chi connectivity index (χ3v) is 4.73. The lowest BCUT2D eigenvalue weighted by Gasteiger charge is -2.18. The minimum absolute atomic E-state index is 0.0122. The van der Waals surface area contributed by atoms with E-state index in [1.54, 1.807) is 25.1 Å². The quantitative estimate of drug-likeness (QED) is 0.551. The summed E-state index contributed by atoms with van der Waals surface area (Å²) >= 11 is 0. The van der Waals surface area contributed by atoms with Gasteiger partial charge in [-0.05, 0) is 31.9 Å². The van der Waals surface area contributed by atoms with Gasteiger partial charge in [-0.2, -0.15) is 36.4 Å². The Morgan fingerprint density at radius 1 is 1.07 bits per heavy atom. The van der Waals surface area contributed by atoms with Crippen molar-refractivity contribution >= 4 is 28.5 Å². The van der Waals surface area contributed by atoms with E-state index in [9.17, 15) is 26.3 Å². The van der Waals surface area contributed by atoms with Crippen LogP contribution in [0.25, 0.3) is 10.9 Å². The second-order valence-electron chi connectivity index (χ2n) is 7.40. The van der Waals surface area contributed by atoms with Crippen molar-refractivity contribution in [2.45, 2.75) is 44.2 Å². The van der Waals surface area contributed by atoms with Crippen LogP contribution in [0.4, 0.5) is 43.9 Å². The van der Waals surface area contributed by atoms with E-state index in [-0.39, 0.29) is 23.1 Å². The molecule has 3 aromatic rings. The Balaban J connectivity index is 1.71. The highest BCUT2D eigenvalue weighted by molar-refractivity contribution is 5.91. The molecule has 2 aromatic heterocycles. The number of aromatic nitrogens is 4. The van der Waals surface area contributed by atoms with E-state index in [1.165, 1.54) is 6.07 Å². The fourth-order valence-corrected chi connectivity index (χ4v) is 2.96. The molecule has 1 fully saturated rings. The third-order valence-electron chi connectivity index (χ3n) is 4.73. The molecule has 160 valence electrons. The largest absolute Gasteiger partial charge is 0.421 e. The van der Waals surface area contributed by atoms with Crippen LogP contribution in [0.2, 0.25) is 0 Å². The highest BCUT2D eigenvalue weighted by Gasteiger charge is 2.42. The molecule has 0 amide bonds. The molecule has 0 saturated heterocycles. The second kappa shape index (κ2) is 6.74. The first-order valence-electron chi connectivity index (χ1n) is 8.95. The van der Waals surface area contributed by atoms with Crippen LogP contribution in [-0.2, 0) is 12.7 Å².